The summed E-state index contributed by atoms with van der Waals surface area (Å²) < 4.78 is 60.6. The summed E-state index contributed by atoms with van der Waals surface area (Å²) in [5.41, 5.74) is -0.619. The fourth-order valence-electron chi connectivity index (χ4n) is 3.44. The molecule has 0 spiro atoms. The average molecular weight is 425 g/mol. The maximum absolute atomic E-state index is 14.4. The van der Waals surface area contributed by atoms with Gasteiger partial charge >= 0.3 is 6.09 Å². The molecule has 1 aliphatic rings. The minimum atomic E-state index is -2.75. The van der Waals surface area contributed by atoms with Crippen LogP contribution >= 0.6 is 0 Å². The van der Waals surface area contributed by atoms with E-state index in [0.717, 1.165) is 12.1 Å². The third kappa shape index (κ3) is 5.25. The second-order valence-electron chi connectivity index (χ2n) is 8.34. The Hall–Kier alpha value is -2.71. The van der Waals surface area contributed by atoms with Crippen molar-refractivity contribution in [1.82, 2.24) is 9.97 Å². The summed E-state index contributed by atoms with van der Waals surface area (Å²) in [7, 11) is 0. The molecule has 0 unspecified atom stereocenters. The Kier molecular flexibility index (Phi) is 6.01. The normalized spacial score (nSPS) is 16.9. The molecular weight excluding hydrogens is 402 g/mol. The highest BCUT2D eigenvalue weighted by molar-refractivity contribution is 5.92. The van der Waals surface area contributed by atoms with Crippen molar-refractivity contribution < 1.29 is 27.1 Å². The molecule has 2 aromatic rings. The number of alkyl halides is 2. The zero-order valence-electron chi connectivity index (χ0n) is 16.9. The molecule has 1 fully saturated rings. The van der Waals surface area contributed by atoms with Crippen molar-refractivity contribution in [2.24, 2.45) is 0 Å². The van der Waals surface area contributed by atoms with E-state index in [9.17, 15) is 22.4 Å². The number of pyridine rings is 2. The highest BCUT2D eigenvalue weighted by Crippen LogP contribution is 2.44. The van der Waals surface area contributed by atoms with E-state index in [2.05, 4.69) is 15.3 Å². The predicted molar refractivity (Wildman–Crippen MR) is 103 cm³/mol. The van der Waals surface area contributed by atoms with Gasteiger partial charge in [0.25, 0.3) is 0 Å². The number of halogens is 4. The van der Waals surface area contributed by atoms with Gasteiger partial charge in [-0.15, -0.1) is 0 Å². The number of carbonyl (C=O) groups is 1. The number of nitrogens with zero attached hydrogens (tertiary/aromatic N) is 2. The van der Waals surface area contributed by atoms with E-state index >= 15 is 0 Å². The summed E-state index contributed by atoms with van der Waals surface area (Å²) in [6.45, 7) is 5.03. The van der Waals surface area contributed by atoms with Gasteiger partial charge in [-0.05, 0) is 51.8 Å². The number of rotatable bonds is 3. The summed E-state index contributed by atoms with van der Waals surface area (Å²) in [6.07, 6.45) is 0.195. The van der Waals surface area contributed by atoms with E-state index in [1.807, 2.05) is 0 Å². The summed E-state index contributed by atoms with van der Waals surface area (Å²) in [6, 6.07) is 3.19. The third-order valence-electron chi connectivity index (χ3n) is 4.78. The fraction of sp³-hybridized carbons (Fsp3) is 0.476. The molecule has 1 N–H and O–H groups in total. The van der Waals surface area contributed by atoms with E-state index in [0.29, 0.717) is 5.69 Å². The Labute approximate surface area is 171 Å². The van der Waals surface area contributed by atoms with Crippen molar-refractivity contribution in [3.63, 3.8) is 0 Å². The minimum absolute atomic E-state index is 0.0824. The lowest BCUT2D eigenvalue weighted by Crippen LogP contribution is -2.29. The van der Waals surface area contributed by atoms with Crippen molar-refractivity contribution >= 4 is 11.8 Å². The fourth-order valence-corrected chi connectivity index (χ4v) is 3.44. The topological polar surface area (TPSA) is 64.1 Å². The average Bonchev–Trinajstić information content (AvgIpc) is 2.63. The smallest absolute Gasteiger partial charge is 0.412 e. The van der Waals surface area contributed by atoms with Crippen LogP contribution in [0.25, 0.3) is 11.3 Å². The van der Waals surface area contributed by atoms with E-state index in [-0.39, 0.29) is 48.5 Å². The lowest BCUT2D eigenvalue weighted by molar-refractivity contribution is -0.0384. The van der Waals surface area contributed by atoms with Gasteiger partial charge in [-0.2, -0.15) is 4.39 Å². The van der Waals surface area contributed by atoms with Crippen LogP contribution in [0.1, 0.15) is 58.1 Å². The number of anilines is 1. The van der Waals surface area contributed by atoms with Crippen LogP contribution in [0.2, 0.25) is 0 Å². The Morgan fingerprint density at radius 3 is 2.47 bits per heavy atom. The number of hydrogen-bond acceptors (Lipinski definition) is 4. The molecule has 9 heteroatoms. The van der Waals surface area contributed by atoms with E-state index in [1.165, 1.54) is 12.3 Å². The molecule has 2 aromatic heterocycles. The Morgan fingerprint density at radius 1 is 1.17 bits per heavy atom. The van der Waals surface area contributed by atoms with Crippen LogP contribution in [0.3, 0.4) is 0 Å². The van der Waals surface area contributed by atoms with Gasteiger partial charge in [0.05, 0.1) is 11.4 Å². The molecule has 0 aliphatic heterocycles. The van der Waals surface area contributed by atoms with Gasteiger partial charge in [0.15, 0.2) is 0 Å². The Morgan fingerprint density at radius 2 is 1.83 bits per heavy atom. The van der Waals surface area contributed by atoms with Gasteiger partial charge in [-0.25, -0.2) is 22.9 Å². The molecule has 1 aliphatic carbocycles. The quantitative estimate of drug-likeness (QED) is 0.479. The van der Waals surface area contributed by atoms with E-state index in [4.69, 9.17) is 4.74 Å². The van der Waals surface area contributed by atoms with Crippen LogP contribution in [0.15, 0.2) is 24.4 Å². The van der Waals surface area contributed by atoms with Gasteiger partial charge in [-0.1, -0.05) is 0 Å². The van der Waals surface area contributed by atoms with Crippen LogP contribution in [-0.4, -0.2) is 27.6 Å². The molecule has 0 aromatic carbocycles. The first kappa shape index (κ1) is 22.0. The maximum atomic E-state index is 14.4. The molecule has 30 heavy (non-hydrogen) atoms. The molecule has 2 heterocycles. The molecule has 0 bridgehead atoms. The lowest BCUT2D eigenvalue weighted by atomic mass is 9.83. The van der Waals surface area contributed by atoms with E-state index < -0.39 is 29.4 Å². The summed E-state index contributed by atoms with van der Waals surface area (Å²) in [5.74, 6) is -4.82. The lowest BCUT2D eigenvalue weighted by Gasteiger charge is -2.29. The largest absolute Gasteiger partial charge is 0.444 e. The molecule has 0 saturated heterocycles. The van der Waals surface area contributed by atoms with Crippen molar-refractivity contribution in [3.8, 4) is 11.3 Å². The molecule has 1 amide bonds. The number of amides is 1. The second kappa shape index (κ2) is 8.20. The first-order valence-electron chi connectivity index (χ1n) is 9.64. The maximum Gasteiger partial charge on any atom is 0.412 e. The standard InChI is InChI=1S/C21H23F4N3O2/c1-20(2,3)30-19(29)28-18-13(17-14(22)4-5-15(23)27-17)8-11-26-16(18)12-6-9-21(24,25)10-7-12/h4-5,8,11-12H,6-7,9-10H2,1-3H3,(H,28,29). The van der Waals surface area contributed by atoms with Crippen LogP contribution in [0.4, 0.5) is 28.0 Å². The summed E-state index contributed by atoms with van der Waals surface area (Å²) in [4.78, 5) is 20.3. The van der Waals surface area contributed by atoms with E-state index in [1.54, 1.807) is 20.8 Å². The molecule has 0 atom stereocenters. The molecule has 3 rings (SSSR count). The number of ether oxygens (including phenoxy) is 1. The van der Waals surface area contributed by atoms with Gasteiger partial charge < -0.3 is 4.74 Å². The zero-order chi connectivity index (χ0) is 22.1. The highest BCUT2D eigenvalue weighted by Gasteiger charge is 2.37. The molecule has 1 saturated carbocycles. The summed E-state index contributed by atoms with van der Waals surface area (Å²) in [5, 5.41) is 2.56. The second-order valence-corrected chi connectivity index (χ2v) is 8.34. The first-order chi connectivity index (χ1) is 14.0. The van der Waals surface area contributed by atoms with Crippen molar-refractivity contribution in [3.05, 3.63) is 41.9 Å². The zero-order valence-corrected chi connectivity index (χ0v) is 16.9. The molecule has 162 valence electrons. The van der Waals surface area contributed by atoms with Gasteiger partial charge in [0.2, 0.25) is 11.9 Å². The molecular formula is C21H23F4N3O2. The molecule has 0 radical (unpaired) electrons. The molecule has 5 nitrogen and oxygen atoms in total. The van der Waals surface area contributed by atoms with Crippen molar-refractivity contribution in [2.45, 2.75) is 63.9 Å². The predicted octanol–water partition coefficient (Wildman–Crippen LogP) is 6.06. The highest BCUT2D eigenvalue weighted by atomic mass is 19.3. The van der Waals surface area contributed by atoms with Crippen molar-refractivity contribution in [1.29, 1.82) is 0 Å². The van der Waals surface area contributed by atoms with Gasteiger partial charge in [0, 0.05) is 30.5 Å². The monoisotopic (exact) mass is 425 g/mol. The minimum Gasteiger partial charge on any atom is -0.444 e. The first-order valence-corrected chi connectivity index (χ1v) is 9.64. The van der Waals surface area contributed by atoms with Gasteiger partial charge in [-0.3, -0.25) is 10.3 Å². The number of carbonyl (C=O) groups excluding carboxylic acids is 1. The van der Waals surface area contributed by atoms with Crippen LogP contribution in [0.5, 0.6) is 0 Å². The van der Waals surface area contributed by atoms with Crippen LogP contribution < -0.4 is 5.32 Å². The SMILES string of the molecule is CC(C)(C)OC(=O)Nc1c(-c2nc(F)ccc2F)ccnc1C1CCC(F)(F)CC1. The van der Waals surface area contributed by atoms with Crippen molar-refractivity contribution in [2.75, 3.05) is 5.32 Å². The Balaban J connectivity index is 2.06. The number of aromatic nitrogens is 2. The van der Waals surface area contributed by atoms with Crippen LogP contribution in [-0.2, 0) is 4.74 Å². The number of hydrogen-bond donors (Lipinski definition) is 1. The third-order valence-corrected chi connectivity index (χ3v) is 4.78. The van der Waals surface area contributed by atoms with Gasteiger partial charge in [0.1, 0.15) is 17.1 Å². The Bertz CT molecular complexity index is 934. The number of nitrogens with one attached hydrogen (secondary N) is 1. The van der Waals surface area contributed by atoms with Crippen LogP contribution in [0, 0.1) is 11.8 Å². The summed E-state index contributed by atoms with van der Waals surface area (Å²) >= 11 is 0.